The fourth-order valence-electron chi connectivity index (χ4n) is 1.28. The Morgan fingerprint density at radius 2 is 2.18 bits per heavy atom. The summed E-state index contributed by atoms with van der Waals surface area (Å²) in [6, 6.07) is 2.84. The van der Waals surface area contributed by atoms with Crippen LogP contribution in [-0.2, 0) is 4.79 Å². The molecule has 1 atom stereocenters. The van der Waals surface area contributed by atoms with Gasteiger partial charge in [-0.2, -0.15) is 0 Å². The minimum atomic E-state index is -0.827. The van der Waals surface area contributed by atoms with Crippen LogP contribution in [0.5, 0.6) is 5.75 Å². The molecule has 2 N–H and O–H groups in total. The smallest absolute Gasteiger partial charge is 0.258 e. The van der Waals surface area contributed by atoms with E-state index in [1.54, 1.807) is 6.92 Å². The predicted molar refractivity (Wildman–Crippen MR) is 65.8 cm³/mol. The van der Waals surface area contributed by atoms with Crippen LogP contribution < -0.4 is 10.5 Å². The van der Waals surface area contributed by atoms with Crippen LogP contribution in [-0.4, -0.2) is 18.3 Å². The van der Waals surface area contributed by atoms with E-state index in [0.29, 0.717) is 17.7 Å². The molecule has 0 heterocycles. The summed E-state index contributed by atoms with van der Waals surface area (Å²) < 4.78 is 5.34. The number of ether oxygens (including phenoxy) is 1. The van der Waals surface area contributed by atoms with E-state index in [-0.39, 0.29) is 16.3 Å². The highest BCUT2D eigenvalue weighted by Gasteiger charge is 2.19. The van der Waals surface area contributed by atoms with Gasteiger partial charge in [0.05, 0.1) is 10.6 Å². The molecule has 0 aliphatic heterocycles. The van der Waals surface area contributed by atoms with Gasteiger partial charge in [-0.05, 0) is 18.6 Å². The van der Waals surface area contributed by atoms with E-state index in [9.17, 15) is 9.59 Å². The summed E-state index contributed by atoms with van der Waals surface area (Å²) >= 11 is 11.6. The van der Waals surface area contributed by atoms with Crippen molar-refractivity contribution in [3.63, 3.8) is 0 Å². The number of hydrogen-bond donors (Lipinski definition) is 1. The number of nitrogens with two attached hydrogens (primary N) is 1. The zero-order valence-corrected chi connectivity index (χ0v) is 10.6. The van der Waals surface area contributed by atoms with Crippen LogP contribution in [0.3, 0.4) is 0 Å². The minimum absolute atomic E-state index is 0.122. The van der Waals surface area contributed by atoms with E-state index in [1.807, 2.05) is 0 Å². The SMILES string of the molecule is CCC(Oc1c(Cl)cc(Cl)cc1C=O)C(N)=O. The van der Waals surface area contributed by atoms with Crippen molar-refractivity contribution < 1.29 is 14.3 Å². The van der Waals surface area contributed by atoms with E-state index in [4.69, 9.17) is 33.7 Å². The second kappa shape index (κ2) is 5.89. The largest absolute Gasteiger partial charge is 0.478 e. The average molecular weight is 276 g/mol. The van der Waals surface area contributed by atoms with E-state index in [1.165, 1.54) is 12.1 Å². The van der Waals surface area contributed by atoms with Gasteiger partial charge in [-0.15, -0.1) is 0 Å². The maximum Gasteiger partial charge on any atom is 0.258 e. The summed E-state index contributed by atoms with van der Waals surface area (Å²) in [6.07, 6.45) is 0.111. The van der Waals surface area contributed by atoms with Crippen molar-refractivity contribution >= 4 is 35.4 Å². The fraction of sp³-hybridized carbons (Fsp3) is 0.273. The van der Waals surface area contributed by atoms with Gasteiger partial charge in [0, 0.05) is 5.02 Å². The molecule has 4 nitrogen and oxygen atoms in total. The van der Waals surface area contributed by atoms with Crippen LogP contribution in [0.2, 0.25) is 10.0 Å². The predicted octanol–water partition coefficient (Wildman–Crippen LogP) is 2.45. The Morgan fingerprint density at radius 1 is 1.53 bits per heavy atom. The third kappa shape index (κ3) is 3.35. The monoisotopic (exact) mass is 275 g/mol. The van der Waals surface area contributed by atoms with Gasteiger partial charge in [0.25, 0.3) is 5.91 Å². The van der Waals surface area contributed by atoms with Gasteiger partial charge in [-0.1, -0.05) is 30.1 Å². The van der Waals surface area contributed by atoms with Crippen LogP contribution >= 0.6 is 23.2 Å². The number of rotatable bonds is 5. The Kier molecular flexibility index (Phi) is 4.78. The fourth-order valence-corrected chi connectivity index (χ4v) is 1.83. The number of aldehydes is 1. The summed E-state index contributed by atoms with van der Waals surface area (Å²) in [6.45, 7) is 1.74. The first-order valence-electron chi connectivity index (χ1n) is 4.89. The van der Waals surface area contributed by atoms with Gasteiger partial charge < -0.3 is 10.5 Å². The first kappa shape index (κ1) is 13.8. The van der Waals surface area contributed by atoms with Crippen molar-refractivity contribution in [1.29, 1.82) is 0 Å². The van der Waals surface area contributed by atoms with Crippen LogP contribution in [0.4, 0.5) is 0 Å². The van der Waals surface area contributed by atoms with Crippen molar-refractivity contribution in [3.8, 4) is 5.75 Å². The summed E-state index contributed by atoms with van der Waals surface area (Å²) in [4.78, 5) is 21.9. The standard InChI is InChI=1S/C11H11Cl2NO3/c1-2-9(11(14)16)17-10-6(5-15)3-7(12)4-8(10)13/h3-5,9H,2H2,1H3,(H2,14,16). The molecule has 6 heteroatoms. The number of halogens is 2. The van der Waals surface area contributed by atoms with Crippen molar-refractivity contribution in [1.82, 2.24) is 0 Å². The lowest BCUT2D eigenvalue weighted by molar-refractivity contribution is -0.124. The average Bonchev–Trinajstić information content (AvgIpc) is 2.26. The summed E-state index contributed by atoms with van der Waals surface area (Å²) in [5, 5.41) is 0.482. The van der Waals surface area contributed by atoms with Crippen molar-refractivity contribution in [2.75, 3.05) is 0 Å². The molecule has 1 aromatic rings. The third-order valence-corrected chi connectivity index (χ3v) is 2.61. The lowest BCUT2D eigenvalue weighted by Gasteiger charge is -2.16. The molecule has 0 aliphatic carbocycles. The van der Waals surface area contributed by atoms with Gasteiger partial charge >= 0.3 is 0 Å². The van der Waals surface area contributed by atoms with Crippen molar-refractivity contribution in [2.24, 2.45) is 5.73 Å². The van der Waals surface area contributed by atoms with Crippen LogP contribution in [0, 0.1) is 0 Å². The summed E-state index contributed by atoms with van der Waals surface area (Å²) in [5.41, 5.74) is 5.33. The Balaban J connectivity index is 3.12. The Labute approximate surface area is 109 Å². The molecule has 17 heavy (non-hydrogen) atoms. The highest BCUT2D eigenvalue weighted by Crippen LogP contribution is 2.32. The van der Waals surface area contributed by atoms with Gasteiger partial charge in [0.15, 0.2) is 12.4 Å². The van der Waals surface area contributed by atoms with Crippen LogP contribution in [0.1, 0.15) is 23.7 Å². The maximum absolute atomic E-state index is 11.1. The van der Waals surface area contributed by atoms with Crippen LogP contribution in [0.15, 0.2) is 12.1 Å². The van der Waals surface area contributed by atoms with E-state index >= 15 is 0 Å². The normalized spacial score (nSPS) is 11.9. The van der Waals surface area contributed by atoms with Gasteiger partial charge in [0.1, 0.15) is 5.75 Å². The number of carbonyl (C=O) groups excluding carboxylic acids is 2. The molecule has 0 radical (unpaired) electrons. The molecular formula is C11H11Cl2NO3. The molecule has 0 saturated heterocycles. The molecule has 0 spiro atoms. The zero-order chi connectivity index (χ0) is 13.0. The highest BCUT2D eigenvalue weighted by molar-refractivity contribution is 6.36. The van der Waals surface area contributed by atoms with Crippen molar-refractivity contribution in [2.45, 2.75) is 19.4 Å². The van der Waals surface area contributed by atoms with Gasteiger partial charge in [-0.25, -0.2) is 0 Å². The summed E-state index contributed by atoms with van der Waals surface area (Å²) in [5.74, 6) is -0.493. The Bertz CT molecular complexity index is 449. The molecule has 0 bridgehead atoms. The zero-order valence-electron chi connectivity index (χ0n) is 9.07. The van der Waals surface area contributed by atoms with Crippen LogP contribution in [0.25, 0.3) is 0 Å². The molecule has 1 rings (SSSR count). The second-order valence-corrected chi connectivity index (χ2v) is 4.18. The lowest BCUT2D eigenvalue weighted by atomic mass is 10.2. The van der Waals surface area contributed by atoms with E-state index in [0.717, 1.165) is 0 Å². The first-order chi connectivity index (χ1) is 7.99. The summed E-state index contributed by atoms with van der Waals surface area (Å²) in [7, 11) is 0. The third-order valence-electron chi connectivity index (χ3n) is 2.11. The Morgan fingerprint density at radius 3 is 2.65 bits per heavy atom. The van der Waals surface area contributed by atoms with Crippen molar-refractivity contribution in [3.05, 3.63) is 27.7 Å². The quantitative estimate of drug-likeness (QED) is 0.840. The molecule has 1 amide bonds. The number of hydrogen-bond acceptors (Lipinski definition) is 3. The van der Waals surface area contributed by atoms with E-state index < -0.39 is 12.0 Å². The number of amides is 1. The molecule has 1 aromatic carbocycles. The number of benzene rings is 1. The molecule has 0 fully saturated rings. The first-order valence-corrected chi connectivity index (χ1v) is 5.65. The van der Waals surface area contributed by atoms with Gasteiger partial charge in [0.2, 0.25) is 0 Å². The molecule has 0 aliphatic rings. The molecule has 0 saturated carbocycles. The second-order valence-electron chi connectivity index (χ2n) is 3.34. The topological polar surface area (TPSA) is 69.4 Å². The number of carbonyl (C=O) groups is 2. The molecule has 92 valence electrons. The molecule has 1 unspecified atom stereocenters. The number of primary amides is 1. The Hall–Kier alpha value is -1.26. The lowest BCUT2D eigenvalue weighted by Crippen LogP contribution is -2.33. The molecule has 0 aromatic heterocycles. The van der Waals surface area contributed by atoms with Gasteiger partial charge in [-0.3, -0.25) is 9.59 Å². The highest BCUT2D eigenvalue weighted by atomic mass is 35.5. The van der Waals surface area contributed by atoms with E-state index in [2.05, 4.69) is 0 Å². The molecular weight excluding hydrogens is 265 g/mol. The minimum Gasteiger partial charge on any atom is -0.478 e. The maximum atomic E-state index is 11.1.